The second-order valence-corrected chi connectivity index (χ2v) is 6.58. The Balaban J connectivity index is 0.00000243. The summed E-state index contributed by atoms with van der Waals surface area (Å²) in [7, 11) is 0. The number of aryl methyl sites for hydroxylation is 1. The van der Waals surface area contributed by atoms with E-state index in [4.69, 9.17) is 4.74 Å². The van der Waals surface area contributed by atoms with Crippen molar-refractivity contribution in [2.75, 3.05) is 26.2 Å². The average molecular weight is 375 g/mol. The maximum Gasteiger partial charge on any atom is 0.258 e. The van der Waals surface area contributed by atoms with E-state index in [1.54, 1.807) is 0 Å². The van der Waals surface area contributed by atoms with Gasteiger partial charge in [-0.25, -0.2) is 0 Å². The Bertz CT molecular complexity index is 670. The summed E-state index contributed by atoms with van der Waals surface area (Å²) in [6.45, 7) is 4.94. The van der Waals surface area contributed by atoms with E-state index in [2.05, 4.69) is 41.4 Å². The zero-order chi connectivity index (χ0) is 17.5. The molecule has 5 heteroatoms. The molecule has 26 heavy (non-hydrogen) atoms. The molecule has 1 atom stereocenters. The molecule has 0 aromatic heterocycles. The van der Waals surface area contributed by atoms with Gasteiger partial charge in [0.2, 0.25) is 0 Å². The maximum absolute atomic E-state index is 12.2. The molecule has 0 bridgehead atoms. The number of amides is 1. The van der Waals surface area contributed by atoms with Gasteiger partial charge in [-0.15, -0.1) is 12.4 Å². The van der Waals surface area contributed by atoms with Crippen molar-refractivity contribution in [3.8, 4) is 5.75 Å². The lowest BCUT2D eigenvalue weighted by Gasteiger charge is -2.28. The molecule has 3 rings (SSSR count). The zero-order valence-corrected chi connectivity index (χ0v) is 16.0. The Kier molecular flexibility index (Phi) is 7.95. The summed E-state index contributed by atoms with van der Waals surface area (Å²) in [6.07, 6.45) is 2.46. The molecule has 1 heterocycles. The van der Waals surface area contributed by atoms with Crippen LogP contribution in [0.3, 0.4) is 0 Å². The van der Waals surface area contributed by atoms with Gasteiger partial charge in [0.25, 0.3) is 5.91 Å². The van der Waals surface area contributed by atoms with Gasteiger partial charge in [-0.3, -0.25) is 9.69 Å². The van der Waals surface area contributed by atoms with Crippen molar-refractivity contribution in [2.45, 2.75) is 25.8 Å². The molecular formula is C21H27ClN2O2. The van der Waals surface area contributed by atoms with Gasteiger partial charge in [-0.05, 0) is 50.6 Å². The summed E-state index contributed by atoms with van der Waals surface area (Å²) in [4.78, 5) is 14.6. The zero-order valence-electron chi connectivity index (χ0n) is 15.2. The molecule has 2 aromatic rings. The third kappa shape index (κ3) is 5.75. The predicted octanol–water partition coefficient (Wildman–Crippen LogP) is 3.75. The van der Waals surface area contributed by atoms with Crippen molar-refractivity contribution in [3.63, 3.8) is 0 Å². The Morgan fingerprint density at radius 1 is 1.08 bits per heavy atom. The first-order chi connectivity index (χ1) is 12.2. The summed E-state index contributed by atoms with van der Waals surface area (Å²) in [5, 5.41) is 3.04. The van der Waals surface area contributed by atoms with Crippen LogP contribution in [-0.4, -0.2) is 37.0 Å². The summed E-state index contributed by atoms with van der Waals surface area (Å²) in [5.74, 6) is 0.632. The molecule has 0 radical (unpaired) electrons. The van der Waals surface area contributed by atoms with Crippen LogP contribution in [0.25, 0.3) is 0 Å². The van der Waals surface area contributed by atoms with Crippen LogP contribution < -0.4 is 10.1 Å². The highest BCUT2D eigenvalue weighted by atomic mass is 35.5. The van der Waals surface area contributed by atoms with Crippen LogP contribution in [0.4, 0.5) is 0 Å². The van der Waals surface area contributed by atoms with Crippen molar-refractivity contribution < 1.29 is 9.53 Å². The summed E-state index contributed by atoms with van der Waals surface area (Å²) >= 11 is 0. The first kappa shape index (κ1) is 20.3. The Morgan fingerprint density at radius 2 is 1.73 bits per heavy atom. The minimum atomic E-state index is -0.0832. The number of hydrogen-bond donors (Lipinski definition) is 1. The highest BCUT2D eigenvalue weighted by Gasteiger charge is 2.23. The quantitative estimate of drug-likeness (QED) is 0.802. The normalized spacial score (nSPS) is 15.1. The Hall–Kier alpha value is -2.04. The van der Waals surface area contributed by atoms with Crippen LogP contribution in [0.2, 0.25) is 0 Å². The summed E-state index contributed by atoms with van der Waals surface area (Å²) in [5.41, 5.74) is 2.51. The van der Waals surface area contributed by atoms with Crippen molar-refractivity contribution in [3.05, 3.63) is 65.7 Å². The second-order valence-electron chi connectivity index (χ2n) is 6.58. The van der Waals surface area contributed by atoms with E-state index in [1.165, 1.54) is 24.0 Å². The Morgan fingerprint density at radius 3 is 2.38 bits per heavy atom. The van der Waals surface area contributed by atoms with Gasteiger partial charge in [0, 0.05) is 6.54 Å². The highest BCUT2D eigenvalue weighted by Crippen LogP contribution is 2.24. The number of ether oxygens (including phenoxy) is 1. The fourth-order valence-electron chi connectivity index (χ4n) is 3.23. The van der Waals surface area contributed by atoms with E-state index < -0.39 is 0 Å². The highest BCUT2D eigenvalue weighted by molar-refractivity contribution is 5.85. The van der Waals surface area contributed by atoms with Crippen LogP contribution in [0.5, 0.6) is 5.75 Å². The molecular weight excluding hydrogens is 348 g/mol. The van der Waals surface area contributed by atoms with Crippen molar-refractivity contribution in [1.29, 1.82) is 0 Å². The average Bonchev–Trinajstić information content (AvgIpc) is 3.17. The number of halogens is 1. The number of nitrogens with zero attached hydrogens (tertiary/aromatic N) is 1. The van der Waals surface area contributed by atoms with Crippen LogP contribution in [0.1, 0.15) is 30.0 Å². The van der Waals surface area contributed by atoms with Gasteiger partial charge in [-0.1, -0.05) is 48.0 Å². The smallest absolute Gasteiger partial charge is 0.258 e. The molecule has 140 valence electrons. The minimum absolute atomic E-state index is 0. The standard InChI is InChI=1S/C21H26N2O2.ClH/c1-17-9-11-18(12-10-17)20(23-13-5-6-14-23)15-22-21(24)16-25-19-7-3-2-4-8-19;/h2-4,7-12,20H,5-6,13-16H2,1H3,(H,22,24);1H. The SMILES string of the molecule is Cc1ccc(C(CNC(=O)COc2ccccc2)N2CCCC2)cc1.Cl. The van der Waals surface area contributed by atoms with Gasteiger partial charge >= 0.3 is 0 Å². The lowest BCUT2D eigenvalue weighted by molar-refractivity contribution is -0.123. The lowest BCUT2D eigenvalue weighted by atomic mass is 10.0. The molecule has 0 saturated carbocycles. The fraction of sp³-hybridized carbons (Fsp3) is 0.381. The van der Waals surface area contributed by atoms with E-state index in [9.17, 15) is 4.79 Å². The minimum Gasteiger partial charge on any atom is -0.484 e. The molecule has 1 aliphatic rings. The number of benzene rings is 2. The molecule has 2 aromatic carbocycles. The van der Waals surface area contributed by atoms with E-state index in [-0.39, 0.29) is 31.0 Å². The van der Waals surface area contributed by atoms with E-state index in [1.807, 2.05) is 30.3 Å². The van der Waals surface area contributed by atoms with Crippen LogP contribution >= 0.6 is 12.4 Å². The van der Waals surface area contributed by atoms with Crippen LogP contribution in [-0.2, 0) is 4.79 Å². The van der Waals surface area contributed by atoms with Gasteiger partial charge in [0.1, 0.15) is 5.75 Å². The summed E-state index contributed by atoms with van der Waals surface area (Å²) in [6, 6.07) is 18.3. The first-order valence-electron chi connectivity index (χ1n) is 8.97. The number of para-hydroxylation sites is 1. The monoisotopic (exact) mass is 374 g/mol. The number of likely N-dealkylation sites (tertiary alicyclic amines) is 1. The largest absolute Gasteiger partial charge is 0.484 e. The molecule has 1 unspecified atom stereocenters. The van der Waals surface area contributed by atoms with Crippen molar-refractivity contribution >= 4 is 18.3 Å². The molecule has 1 N–H and O–H groups in total. The third-order valence-electron chi connectivity index (χ3n) is 4.65. The van der Waals surface area contributed by atoms with Gasteiger partial charge in [0.15, 0.2) is 6.61 Å². The topological polar surface area (TPSA) is 41.6 Å². The molecule has 1 amide bonds. The predicted molar refractivity (Wildman–Crippen MR) is 107 cm³/mol. The van der Waals surface area contributed by atoms with E-state index in [0.29, 0.717) is 12.3 Å². The maximum atomic E-state index is 12.2. The third-order valence-corrected chi connectivity index (χ3v) is 4.65. The van der Waals surface area contributed by atoms with Crippen molar-refractivity contribution in [2.24, 2.45) is 0 Å². The van der Waals surface area contributed by atoms with E-state index >= 15 is 0 Å². The van der Waals surface area contributed by atoms with E-state index in [0.717, 1.165) is 13.1 Å². The second kappa shape index (κ2) is 10.2. The first-order valence-corrected chi connectivity index (χ1v) is 8.97. The fourth-order valence-corrected chi connectivity index (χ4v) is 3.23. The molecule has 1 fully saturated rings. The lowest BCUT2D eigenvalue weighted by Crippen LogP contribution is -2.38. The molecule has 1 aliphatic heterocycles. The van der Waals surface area contributed by atoms with Crippen LogP contribution in [0.15, 0.2) is 54.6 Å². The number of carbonyl (C=O) groups excluding carboxylic acids is 1. The van der Waals surface area contributed by atoms with Crippen molar-refractivity contribution in [1.82, 2.24) is 10.2 Å². The van der Waals surface area contributed by atoms with Crippen LogP contribution in [0, 0.1) is 6.92 Å². The van der Waals surface area contributed by atoms with Gasteiger partial charge in [-0.2, -0.15) is 0 Å². The number of hydrogen-bond acceptors (Lipinski definition) is 3. The molecule has 0 spiro atoms. The molecule has 0 aliphatic carbocycles. The molecule has 1 saturated heterocycles. The summed E-state index contributed by atoms with van der Waals surface area (Å²) < 4.78 is 5.52. The van der Waals surface area contributed by atoms with Gasteiger partial charge < -0.3 is 10.1 Å². The molecule has 4 nitrogen and oxygen atoms in total. The number of nitrogens with one attached hydrogen (secondary N) is 1. The van der Waals surface area contributed by atoms with Gasteiger partial charge in [0.05, 0.1) is 6.04 Å². The number of rotatable bonds is 7. The Labute approximate surface area is 162 Å². The number of carbonyl (C=O) groups is 1.